The number of hydrogen-bond acceptors (Lipinski definition) is 3. The molecule has 26 heavy (non-hydrogen) atoms. The molecule has 0 fully saturated rings. The lowest BCUT2D eigenvalue weighted by Gasteiger charge is -2.30. The average Bonchev–Trinajstić information content (AvgIpc) is 2.60. The second-order valence-electron chi connectivity index (χ2n) is 6.71. The Labute approximate surface area is 159 Å². The number of amides is 1. The SMILES string of the molecule is CC(C)C(=O)N1CCc2ccc(NS(=O)(=O)c3ccc(Cl)cc3)cc2C1. The van der Waals surface area contributed by atoms with Gasteiger partial charge in [0.25, 0.3) is 10.0 Å². The van der Waals surface area contributed by atoms with Crippen molar-refractivity contribution in [3.05, 3.63) is 58.6 Å². The highest BCUT2D eigenvalue weighted by Crippen LogP contribution is 2.25. The molecule has 1 heterocycles. The van der Waals surface area contributed by atoms with Crippen LogP contribution in [0.25, 0.3) is 0 Å². The zero-order valence-electron chi connectivity index (χ0n) is 14.7. The predicted molar refractivity (Wildman–Crippen MR) is 103 cm³/mol. The van der Waals surface area contributed by atoms with E-state index in [0.29, 0.717) is 23.8 Å². The standard InChI is InChI=1S/C19H21ClN2O3S/c1-13(2)19(23)22-10-9-14-3-6-17(11-15(14)12-22)21-26(24,25)18-7-4-16(20)5-8-18/h3-8,11,13,21H,9-10,12H2,1-2H3. The smallest absolute Gasteiger partial charge is 0.261 e. The summed E-state index contributed by atoms with van der Waals surface area (Å²) in [5.41, 5.74) is 2.60. The number of rotatable bonds is 4. The Morgan fingerprint density at radius 3 is 2.46 bits per heavy atom. The minimum atomic E-state index is -3.69. The topological polar surface area (TPSA) is 66.5 Å². The van der Waals surface area contributed by atoms with Gasteiger partial charge in [0.15, 0.2) is 0 Å². The first-order valence-electron chi connectivity index (χ1n) is 8.45. The van der Waals surface area contributed by atoms with Gasteiger partial charge >= 0.3 is 0 Å². The number of nitrogens with one attached hydrogen (secondary N) is 1. The van der Waals surface area contributed by atoms with Crippen LogP contribution in [-0.4, -0.2) is 25.8 Å². The minimum Gasteiger partial charge on any atom is -0.338 e. The second kappa shape index (κ2) is 7.29. The summed E-state index contributed by atoms with van der Waals surface area (Å²) in [7, 11) is -3.69. The summed E-state index contributed by atoms with van der Waals surface area (Å²) in [5, 5.41) is 0.479. The van der Waals surface area contributed by atoms with Gasteiger partial charge in [0.2, 0.25) is 5.91 Å². The molecule has 0 bridgehead atoms. The number of hydrogen-bond donors (Lipinski definition) is 1. The molecule has 1 aliphatic rings. The predicted octanol–water partition coefficient (Wildman–Crippen LogP) is 3.68. The van der Waals surface area contributed by atoms with Crippen LogP contribution in [0.2, 0.25) is 5.02 Å². The Morgan fingerprint density at radius 1 is 1.12 bits per heavy atom. The molecule has 7 heteroatoms. The molecule has 3 rings (SSSR count). The Kier molecular flexibility index (Phi) is 5.25. The van der Waals surface area contributed by atoms with Gasteiger partial charge < -0.3 is 4.90 Å². The van der Waals surface area contributed by atoms with Crippen LogP contribution in [-0.2, 0) is 27.8 Å². The van der Waals surface area contributed by atoms with Gasteiger partial charge in [-0.15, -0.1) is 0 Å². The van der Waals surface area contributed by atoms with Crippen molar-refractivity contribution in [1.82, 2.24) is 4.90 Å². The third kappa shape index (κ3) is 4.02. The van der Waals surface area contributed by atoms with Crippen molar-refractivity contribution in [1.29, 1.82) is 0 Å². The number of nitrogens with zero attached hydrogens (tertiary/aromatic N) is 1. The van der Waals surface area contributed by atoms with Crippen molar-refractivity contribution in [2.45, 2.75) is 31.7 Å². The monoisotopic (exact) mass is 392 g/mol. The highest BCUT2D eigenvalue weighted by molar-refractivity contribution is 7.92. The Balaban J connectivity index is 1.82. The molecule has 1 N–H and O–H groups in total. The first-order chi connectivity index (χ1) is 12.3. The quantitative estimate of drug-likeness (QED) is 0.863. The van der Waals surface area contributed by atoms with Gasteiger partial charge in [0.1, 0.15) is 0 Å². The molecule has 0 spiro atoms. The third-order valence-corrected chi connectivity index (χ3v) is 6.05. The number of benzene rings is 2. The van der Waals surface area contributed by atoms with E-state index in [-0.39, 0.29) is 16.7 Å². The summed E-state index contributed by atoms with van der Waals surface area (Å²) in [4.78, 5) is 14.2. The van der Waals surface area contributed by atoms with Gasteiger partial charge in [-0.2, -0.15) is 0 Å². The van der Waals surface area contributed by atoms with E-state index in [1.54, 1.807) is 18.2 Å². The first kappa shape index (κ1) is 18.7. The number of carbonyl (C=O) groups is 1. The number of anilines is 1. The van der Waals surface area contributed by atoms with E-state index in [9.17, 15) is 13.2 Å². The average molecular weight is 393 g/mol. The fourth-order valence-electron chi connectivity index (χ4n) is 3.00. The summed E-state index contributed by atoms with van der Waals surface area (Å²) in [6, 6.07) is 11.5. The maximum Gasteiger partial charge on any atom is 0.261 e. The molecule has 1 amide bonds. The van der Waals surface area contributed by atoms with Crippen LogP contribution in [0.3, 0.4) is 0 Å². The van der Waals surface area contributed by atoms with Crippen molar-refractivity contribution in [3.8, 4) is 0 Å². The van der Waals surface area contributed by atoms with Crippen molar-refractivity contribution < 1.29 is 13.2 Å². The van der Waals surface area contributed by atoms with Crippen LogP contribution in [0.15, 0.2) is 47.4 Å². The number of halogens is 1. The molecule has 1 aliphatic heterocycles. The molecule has 0 radical (unpaired) electrons. The zero-order chi connectivity index (χ0) is 18.9. The lowest BCUT2D eigenvalue weighted by atomic mass is 9.98. The lowest BCUT2D eigenvalue weighted by molar-refractivity contribution is -0.135. The van der Waals surface area contributed by atoms with Crippen LogP contribution in [0, 0.1) is 5.92 Å². The van der Waals surface area contributed by atoms with E-state index in [0.717, 1.165) is 17.5 Å². The highest BCUT2D eigenvalue weighted by atomic mass is 35.5. The summed E-state index contributed by atoms with van der Waals surface area (Å²) in [6.07, 6.45) is 0.776. The number of sulfonamides is 1. The van der Waals surface area contributed by atoms with E-state index < -0.39 is 10.0 Å². The number of carbonyl (C=O) groups excluding carboxylic acids is 1. The Morgan fingerprint density at radius 2 is 1.81 bits per heavy atom. The largest absolute Gasteiger partial charge is 0.338 e. The summed E-state index contributed by atoms with van der Waals surface area (Å²) < 4.78 is 27.6. The van der Waals surface area contributed by atoms with Gasteiger partial charge in [0.05, 0.1) is 4.90 Å². The highest BCUT2D eigenvalue weighted by Gasteiger charge is 2.23. The summed E-state index contributed by atoms with van der Waals surface area (Å²) in [6.45, 7) is 4.96. The lowest BCUT2D eigenvalue weighted by Crippen LogP contribution is -2.38. The molecule has 0 saturated carbocycles. The molecular formula is C19H21ClN2O3S. The van der Waals surface area contributed by atoms with Crippen molar-refractivity contribution in [3.63, 3.8) is 0 Å². The zero-order valence-corrected chi connectivity index (χ0v) is 16.3. The van der Waals surface area contributed by atoms with Gasteiger partial charge in [-0.05, 0) is 53.9 Å². The number of fused-ring (bicyclic) bond motifs is 1. The van der Waals surface area contributed by atoms with Crippen LogP contribution in [0.4, 0.5) is 5.69 Å². The minimum absolute atomic E-state index is 0.0526. The van der Waals surface area contributed by atoms with E-state index in [1.165, 1.54) is 12.1 Å². The molecule has 0 atom stereocenters. The fourth-order valence-corrected chi connectivity index (χ4v) is 4.18. The maximum absolute atomic E-state index is 12.5. The normalized spacial score (nSPS) is 14.2. The Hall–Kier alpha value is -2.05. The van der Waals surface area contributed by atoms with E-state index in [1.807, 2.05) is 30.9 Å². The van der Waals surface area contributed by atoms with Crippen LogP contribution in [0.5, 0.6) is 0 Å². The molecule has 0 aromatic heterocycles. The molecule has 0 aliphatic carbocycles. The molecule has 0 saturated heterocycles. The summed E-state index contributed by atoms with van der Waals surface area (Å²) >= 11 is 5.82. The molecule has 2 aromatic rings. The molecule has 5 nitrogen and oxygen atoms in total. The first-order valence-corrected chi connectivity index (χ1v) is 10.3. The van der Waals surface area contributed by atoms with Crippen LogP contribution in [0.1, 0.15) is 25.0 Å². The molecule has 138 valence electrons. The van der Waals surface area contributed by atoms with Crippen LogP contribution < -0.4 is 4.72 Å². The Bertz CT molecular complexity index is 924. The molecule has 0 unspecified atom stereocenters. The fraction of sp³-hybridized carbons (Fsp3) is 0.316. The van der Waals surface area contributed by atoms with E-state index in [2.05, 4.69) is 4.72 Å². The second-order valence-corrected chi connectivity index (χ2v) is 8.83. The summed E-state index contributed by atoms with van der Waals surface area (Å²) in [5.74, 6) is 0.0611. The van der Waals surface area contributed by atoms with Crippen molar-refractivity contribution in [2.24, 2.45) is 5.92 Å². The van der Waals surface area contributed by atoms with Crippen LogP contribution >= 0.6 is 11.6 Å². The van der Waals surface area contributed by atoms with Crippen molar-refractivity contribution >= 4 is 33.2 Å². The van der Waals surface area contributed by atoms with Gasteiger partial charge in [0, 0.05) is 29.7 Å². The maximum atomic E-state index is 12.5. The van der Waals surface area contributed by atoms with Crippen molar-refractivity contribution in [2.75, 3.05) is 11.3 Å². The van der Waals surface area contributed by atoms with Gasteiger partial charge in [-0.3, -0.25) is 9.52 Å². The van der Waals surface area contributed by atoms with E-state index >= 15 is 0 Å². The van der Waals surface area contributed by atoms with Gasteiger partial charge in [-0.25, -0.2) is 8.42 Å². The molecule has 2 aromatic carbocycles. The van der Waals surface area contributed by atoms with Gasteiger partial charge in [-0.1, -0.05) is 31.5 Å². The molecular weight excluding hydrogens is 372 g/mol. The van der Waals surface area contributed by atoms with E-state index in [4.69, 9.17) is 11.6 Å². The third-order valence-electron chi connectivity index (χ3n) is 4.40.